The molecule has 1 atom stereocenters. The van der Waals surface area contributed by atoms with Crippen LogP contribution < -0.4 is 0 Å². The molecule has 1 fully saturated rings. The molecule has 2 heterocycles. The summed E-state index contributed by atoms with van der Waals surface area (Å²) in [7, 11) is 0. The number of nitrogens with zero attached hydrogens (tertiary/aromatic N) is 2. The first-order valence-electron chi connectivity index (χ1n) is 6.40. The molecule has 3 nitrogen and oxygen atoms in total. The summed E-state index contributed by atoms with van der Waals surface area (Å²) >= 11 is 1.52. The molecule has 0 aliphatic carbocycles. The van der Waals surface area contributed by atoms with Crippen LogP contribution in [0, 0.1) is 11.6 Å². The Hall–Kier alpha value is -1.95. The molecule has 21 heavy (non-hydrogen) atoms. The van der Waals surface area contributed by atoms with Crippen LogP contribution in [0.2, 0.25) is 0 Å². The van der Waals surface area contributed by atoms with E-state index in [4.69, 9.17) is 0 Å². The third-order valence-electron chi connectivity index (χ3n) is 3.30. The smallest absolute Gasteiger partial charge is 0.234 e. The largest absolute Gasteiger partial charge is 0.322 e. The summed E-state index contributed by atoms with van der Waals surface area (Å²) in [5.74, 6) is -1.40. The van der Waals surface area contributed by atoms with E-state index in [2.05, 4.69) is 4.98 Å². The summed E-state index contributed by atoms with van der Waals surface area (Å²) < 4.78 is 26.2. The Labute approximate surface area is 125 Å². The van der Waals surface area contributed by atoms with Gasteiger partial charge in [0.15, 0.2) is 11.6 Å². The monoisotopic (exact) mass is 306 g/mol. The van der Waals surface area contributed by atoms with Crippen LogP contribution in [0.1, 0.15) is 16.5 Å². The van der Waals surface area contributed by atoms with Gasteiger partial charge in [0.1, 0.15) is 5.37 Å². The number of thioether (sulfide) groups is 1. The fraction of sp³-hybridized carbons (Fsp3) is 0.200. The summed E-state index contributed by atoms with van der Waals surface area (Å²) in [5, 5.41) is -0.117. The molecule has 1 aliphatic heterocycles. The van der Waals surface area contributed by atoms with Gasteiger partial charge in [-0.2, -0.15) is 0 Å². The number of benzene rings is 1. The minimum Gasteiger partial charge on any atom is -0.322 e. The number of amides is 1. The summed E-state index contributed by atoms with van der Waals surface area (Å²) in [6.07, 6.45) is 3.35. The lowest BCUT2D eigenvalue weighted by Crippen LogP contribution is -2.27. The number of carbonyl (C=O) groups is 1. The molecule has 1 aromatic carbocycles. The van der Waals surface area contributed by atoms with E-state index in [1.54, 1.807) is 17.3 Å². The van der Waals surface area contributed by atoms with E-state index < -0.39 is 11.6 Å². The number of pyridine rings is 1. The zero-order valence-electron chi connectivity index (χ0n) is 11.0. The molecule has 108 valence electrons. The van der Waals surface area contributed by atoms with E-state index in [1.807, 2.05) is 12.1 Å². The second kappa shape index (κ2) is 5.81. The van der Waals surface area contributed by atoms with Crippen LogP contribution in [0.25, 0.3) is 0 Å². The highest BCUT2D eigenvalue weighted by Gasteiger charge is 2.32. The van der Waals surface area contributed by atoms with E-state index in [9.17, 15) is 13.6 Å². The molecule has 1 unspecified atom stereocenters. The van der Waals surface area contributed by atoms with Crippen molar-refractivity contribution in [3.8, 4) is 0 Å². The predicted octanol–water partition coefficient (Wildman–Crippen LogP) is 3.13. The normalized spacial score (nSPS) is 18.3. The van der Waals surface area contributed by atoms with Crippen LogP contribution in [0.3, 0.4) is 0 Å². The maximum atomic E-state index is 13.3. The molecule has 1 aliphatic rings. The van der Waals surface area contributed by atoms with Gasteiger partial charge in [-0.15, -0.1) is 11.8 Å². The van der Waals surface area contributed by atoms with Crippen molar-refractivity contribution in [1.29, 1.82) is 0 Å². The van der Waals surface area contributed by atoms with Gasteiger partial charge in [-0.1, -0.05) is 6.07 Å². The molecule has 2 aromatic rings. The highest BCUT2D eigenvalue weighted by molar-refractivity contribution is 8.00. The summed E-state index contributed by atoms with van der Waals surface area (Å²) in [6.45, 7) is 0.260. The Morgan fingerprint density at radius 2 is 1.95 bits per heavy atom. The van der Waals surface area contributed by atoms with Crippen LogP contribution in [-0.2, 0) is 11.3 Å². The zero-order chi connectivity index (χ0) is 14.8. The molecule has 0 radical (unpaired) electrons. The average molecular weight is 306 g/mol. The highest BCUT2D eigenvalue weighted by atomic mass is 32.2. The maximum absolute atomic E-state index is 13.3. The van der Waals surface area contributed by atoms with Crippen molar-refractivity contribution in [2.24, 2.45) is 0 Å². The summed E-state index contributed by atoms with van der Waals surface area (Å²) in [6, 6.07) is 7.43. The maximum Gasteiger partial charge on any atom is 0.234 e. The average Bonchev–Trinajstić information content (AvgIpc) is 2.85. The number of halogens is 2. The third kappa shape index (κ3) is 2.90. The number of carbonyl (C=O) groups excluding carboxylic acids is 1. The second-order valence-corrected chi connectivity index (χ2v) is 5.78. The van der Waals surface area contributed by atoms with Crippen LogP contribution in [0.15, 0.2) is 42.7 Å². The van der Waals surface area contributed by atoms with Crippen molar-refractivity contribution < 1.29 is 13.6 Å². The van der Waals surface area contributed by atoms with Gasteiger partial charge in [-0.3, -0.25) is 9.78 Å². The Morgan fingerprint density at radius 3 is 2.67 bits per heavy atom. The van der Waals surface area contributed by atoms with Gasteiger partial charge < -0.3 is 4.90 Å². The number of rotatable bonds is 3. The van der Waals surface area contributed by atoms with Gasteiger partial charge in [-0.25, -0.2) is 8.78 Å². The van der Waals surface area contributed by atoms with Crippen molar-refractivity contribution >= 4 is 17.7 Å². The van der Waals surface area contributed by atoms with Crippen molar-refractivity contribution in [1.82, 2.24) is 9.88 Å². The van der Waals surface area contributed by atoms with Crippen molar-refractivity contribution in [3.63, 3.8) is 0 Å². The van der Waals surface area contributed by atoms with Crippen LogP contribution in [-0.4, -0.2) is 21.5 Å². The van der Waals surface area contributed by atoms with Crippen molar-refractivity contribution in [3.05, 3.63) is 65.5 Å². The Balaban J connectivity index is 1.84. The standard InChI is InChI=1S/C15H12F2N2OS/c16-12-2-1-10(7-13(12)17)8-19-14(20)9-21-15(19)11-3-5-18-6-4-11/h1-7,15H,8-9H2. The Bertz CT molecular complexity index is 666. The molecule has 6 heteroatoms. The van der Waals surface area contributed by atoms with Gasteiger partial charge in [0.25, 0.3) is 0 Å². The molecule has 3 rings (SSSR count). The molecule has 0 spiro atoms. The molecule has 1 saturated heterocycles. The number of hydrogen-bond acceptors (Lipinski definition) is 3. The minimum atomic E-state index is -0.896. The molecule has 0 bridgehead atoms. The number of aromatic nitrogens is 1. The molecule has 0 saturated carbocycles. The van der Waals surface area contributed by atoms with Gasteiger partial charge in [-0.05, 0) is 35.4 Å². The topological polar surface area (TPSA) is 33.2 Å². The van der Waals surface area contributed by atoms with Gasteiger partial charge in [0, 0.05) is 18.9 Å². The first-order chi connectivity index (χ1) is 10.1. The fourth-order valence-electron chi connectivity index (χ4n) is 2.26. The Kier molecular flexibility index (Phi) is 3.88. The van der Waals surface area contributed by atoms with E-state index in [-0.39, 0.29) is 17.8 Å². The molecule has 1 aromatic heterocycles. The molecule has 1 amide bonds. The van der Waals surface area contributed by atoms with E-state index in [0.29, 0.717) is 11.3 Å². The van der Waals surface area contributed by atoms with Crippen LogP contribution in [0.5, 0.6) is 0 Å². The first-order valence-corrected chi connectivity index (χ1v) is 7.45. The molecule has 0 N–H and O–H groups in total. The minimum absolute atomic E-state index is 0.00783. The first kappa shape index (κ1) is 14.0. The lowest BCUT2D eigenvalue weighted by Gasteiger charge is -2.24. The lowest BCUT2D eigenvalue weighted by atomic mass is 10.1. The summed E-state index contributed by atoms with van der Waals surface area (Å²) in [4.78, 5) is 17.7. The van der Waals surface area contributed by atoms with Gasteiger partial charge in [0.05, 0.1) is 5.75 Å². The highest BCUT2D eigenvalue weighted by Crippen LogP contribution is 2.39. The van der Waals surface area contributed by atoms with E-state index >= 15 is 0 Å². The third-order valence-corrected chi connectivity index (χ3v) is 4.55. The van der Waals surface area contributed by atoms with E-state index in [1.165, 1.54) is 17.8 Å². The Morgan fingerprint density at radius 1 is 1.19 bits per heavy atom. The number of hydrogen-bond donors (Lipinski definition) is 0. The molecular weight excluding hydrogens is 294 g/mol. The molecular formula is C15H12F2N2OS. The van der Waals surface area contributed by atoms with Gasteiger partial charge >= 0.3 is 0 Å². The fourth-order valence-corrected chi connectivity index (χ4v) is 3.45. The van der Waals surface area contributed by atoms with Crippen LogP contribution >= 0.6 is 11.8 Å². The summed E-state index contributed by atoms with van der Waals surface area (Å²) in [5.41, 5.74) is 1.55. The van der Waals surface area contributed by atoms with Gasteiger partial charge in [0.2, 0.25) is 5.91 Å². The lowest BCUT2D eigenvalue weighted by molar-refractivity contribution is -0.128. The quantitative estimate of drug-likeness (QED) is 0.873. The SMILES string of the molecule is O=C1CSC(c2ccncc2)N1Cc1ccc(F)c(F)c1. The van der Waals surface area contributed by atoms with Crippen molar-refractivity contribution in [2.45, 2.75) is 11.9 Å². The second-order valence-electron chi connectivity index (χ2n) is 4.71. The van der Waals surface area contributed by atoms with Crippen molar-refractivity contribution in [2.75, 3.05) is 5.75 Å². The zero-order valence-corrected chi connectivity index (χ0v) is 11.8. The van der Waals surface area contributed by atoms with Crippen LogP contribution in [0.4, 0.5) is 8.78 Å². The predicted molar refractivity (Wildman–Crippen MR) is 76.3 cm³/mol. The van der Waals surface area contributed by atoms with E-state index in [0.717, 1.165) is 17.7 Å².